The largest absolute Gasteiger partial charge is 0.411 e. The minimum atomic E-state index is -1.49. The summed E-state index contributed by atoms with van der Waals surface area (Å²) in [5.41, 5.74) is 0.244. The molecule has 0 saturated heterocycles. The summed E-state index contributed by atoms with van der Waals surface area (Å²) < 4.78 is 6.42. The molecule has 0 bridgehead atoms. The van der Waals surface area contributed by atoms with Crippen LogP contribution in [-0.2, 0) is 9.22 Å². The lowest BCUT2D eigenvalue weighted by Gasteiger charge is -2.41. The van der Waals surface area contributed by atoms with E-state index >= 15 is 0 Å². The van der Waals surface area contributed by atoms with Crippen molar-refractivity contribution in [3.05, 3.63) is 12.2 Å². The van der Waals surface area contributed by atoms with Crippen LogP contribution in [0, 0.1) is 29.1 Å². The molecule has 3 aliphatic rings. The maximum absolute atomic E-state index is 12.3. The zero-order valence-corrected chi connectivity index (χ0v) is 17.3. The summed E-state index contributed by atoms with van der Waals surface area (Å²) in [4.78, 5) is 12.3. The van der Waals surface area contributed by atoms with Gasteiger partial charge in [0.05, 0.1) is 6.10 Å². The van der Waals surface area contributed by atoms with Crippen LogP contribution < -0.4 is 0 Å². The van der Waals surface area contributed by atoms with Crippen LogP contribution in [0.1, 0.15) is 58.8 Å². The molecule has 3 rings (SSSR count). The number of ketones is 1. The molecule has 0 aromatic rings. The average Bonchev–Trinajstić information content (AvgIpc) is 3.24. The summed E-state index contributed by atoms with van der Waals surface area (Å²) in [6.07, 6.45) is 13.3. The van der Waals surface area contributed by atoms with Crippen molar-refractivity contribution in [3.8, 4) is 0 Å². The molecule has 0 N–H and O–H groups in total. The van der Waals surface area contributed by atoms with Gasteiger partial charge in [-0.05, 0) is 81.3 Å². The average molecular weight is 349 g/mol. The van der Waals surface area contributed by atoms with Gasteiger partial charge >= 0.3 is 0 Å². The minimum Gasteiger partial charge on any atom is -0.411 e. The highest BCUT2D eigenvalue weighted by Crippen LogP contribution is 2.56. The van der Waals surface area contributed by atoms with Gasteiger partial charge in [-0.1, -0.05) is 26.0 Å². The first-order valence-corrected chi connectivity index (χ1v) is 13.5. The fourth-order valence-electron chi connectivity index (χ4n) is 5.38. The van der Waals surface area contributed by atoms with E-state index in [1.807, 2.05) is 0 Å². The molecule has 0 spiro atoms. The molecule has 3 fully saturated rings. The smallest absolute Gasteiger partial charge is 0.184 e. The topological polar surface area (TPSA) is 26.3 Å². The first-order valence-electron chi connectivity index (χ1n) is 10.1. The summed E-state index contributed by atoms with van der Waals surface area (Å²) in [7, 11) is -1.49. The van der Waals surface area contributed by atoms with Crippen LogP contribution >= 0.6 is 0 Å². The first kappa shape index (κ1) is 18.4. The van der Waals surface area contributed by atoms with Gasteiger partial charge < -0.3 is 4.43 Å². The fourth-order valence-corrected chi connectivity index (χ4v) is 6.47. The van der Waals surface area contributed by atoms with Gasteiger partial charge in [-0.3, -0.25) is 4.79 Å². The number of hydrogen-bond donors (Lipinski definition) is 0. The van der Waals surface area contributed by atoms with E-state index in [4.69, 9.17) is 4.43 Å². The Balaban J connectivity index is 1.67. The van der Waals surface area contributed by atoms with Gasteiger partial charge in [0.15, 0.2) is 8.32 Å². The highest BCUT2D eigenvalue weighted by Gasteiger charge is 2.52. The second-order valence-electron chi connectivity index (χ2n) is 9.84. The molecule has 0 unspecified atom stereocenters. The highest BCUT2D eigenvalue weighted by atomic mass is 28.4. The quantitative estimate of drug-likeness (QED) is 0.462. The second-order valence-corrected chi connectivity index (χ2v) is 14.3. The normalized spacial score (nSPS) is 36.8. The lowest BCUT2D eigenvalue weighted by Crippen LogP contribution is -2.39. The SMILES string of the molecule is C[C@H](/C=C/[C@@H](O[Si](C)(C)C)C1CC1)[C@H]1CC[C@H]2C(=O)CCC[C@]12C. The maximum atomic E-state index is 12.3. The molecule has 3 saturated carbocycles. The molecule has 0 aromatic carbocycles. The molecule has 2 nitrogen and oxygen atoms in total. The van der Waals surface area contributed by atoms with E-state index in [1.54, 1.807) is 0 Å². The van der Waals surface area contributed by atoms with Gasteiger partial charge in [0.2, 0.25) is 0 Å². The molecule has 24 heavy (non-hydrogen) atoms. The summed E-state index contributed by atoms with van der Waals surface area (Å²) in [6, 6.07) is 0. The van der Waals surface area contributed by atoms with E-state index in [0.29, 0.717) is 29.6 Å². The third-order valence-corrected chi connectivity index (χ3v) is 7.73. The van der Waals surface area contributed by atoms with Crippen molar-refractivity contribution < 1.29 is 9.22 Å². The Morgan fingerprint density at radius 3 is 2.50 bits per heavy atom. The van der Waals surface area contributed by atoms with Gasteiger partial charge in [0.25, 0.3) is 0 Å². The van der Waals surface area contributed by atoms with Crippen LogP contribution in [0.2, 0.25) is 19.6 Å². The van der Waals surface area contributed by atoms with Crippen molar-refractivity contribution in [3.63, 3.8) is 0 Å². The molecule has 136 valence electrons. The summed E-state index contributed by atoms with van der Waals surface area (Å²) in [6.45, 7) is 11.6. The van der Waals surface area contributed by atoms with E-state index in [1.165, 1.54) is 25.7 Å². The Labute approximate surface area is 149 Å². The number of carbonyl (C=O) groups is 1. The van der Waals surface area contributed by atoms with Crippen molar-refractivity contribution in [2.45, 2.75) is 84.5 Å². The molecule has 0 aliphatic heterocycles. The van der Waals surface area contributed by atoms with Crippen LogP contribution in [0.15, 0.2) is 12.2 Å². The first-order chi connectivity index (χ1) is 11.2. The monoisotopic (exact) mass is 348 g/mol. The number of Topliss-reactive ketones (excluding diaryl/α,β-unsaturated/α-hetero) is 1. The lowest BCUT2D eigenvalue weighted by molar-refractivity contribution is -0.129. The van der Waals surface area contributed by atoms with Crippen molar-refractivity contribution in [2.75, 3.05) is 0 Å². The van der Waals surface area contributed by atoms with Crippen LogP contribution in [0.25, 0.3) is 0 Å². The molecule has 0 amide bonds. The number of rotatable bonds is 6. The minimum absolute atomic E-state index is 0.244. The van der Waals surface area contributed by atoms with Crippen LogP contribution in [0.5, 0.6) is 0 Å². The zero-order valence-electron chi connectivity index (χ0n) is 16.3. The fraction of sp³-hybridized carbons (Fsp3) is 0.857. The van der Waals surface area contributed by atoms with Crippen LogP contribution in [0.4, 0.5) is 0 Å². The van der Waals surface area contributed by atoms with E-state index in [9.17, 15) is 4.79 Å². The standard InChI is InChI=1S/C21H36O2Si/c1-15(8-13-20(16-9-10-16)23-24(3,4)5)17-11-12-18-19(22)7-6-14-21(17,18)2/h8,13,15-18,20H,6-7,9-12,14H2,1-5H3/b13-8+/t15-,17-,18+,20-,21-/m1/s1. The van der Waals surface area contributed by atoms with Gasteiger partial charge in [-0.2, -0.15) is 0 Å². The molecule has 0 heterocycles. The number of fused-ring (bicyclic) bond motifs is 1. The number of hydrogen-bond acceptors (Lipinski definition) is 2. The molecule has 0 radical (unpaired) electrons. The Morgan fingerprint density at radius 1 is 1.17 bits per heavy atom. The van der Waals surface area contributed by atoms with Crippen molar-refractivity contribution in [1.29, 1.82) is 0 Å². The second kappa shape index (κ2) is 6.72. The Morgan fingerprint density at radius 2 is 1.88 bits per heavy atom. The number of carbonyl (C=O) groups excluding carboxylic acids is 1. The summed E-state index contributed by atoms with van der Waals surface area (Å²) in [5, 5.41) is 0. The maximum Gasteiger partial charge on any atom is 0.184 e. The molecule has 0 aromatic heterocycles. The predicted molar refractivity (Wildman–Crippen MR) is 102 cm³/mol. The zero-order chi connectivity index (χ0) is 17.5. The van der Waals surface area contributed by atoms with Gasteiger partial charge in [-0.25, -0.2) is 0 Å². The molecule has 3 aliphatic carbocycles. The van der Waals surface area contributed by atoms with Gasteiger partial charge in [0, 0.05) is 12.3 Å². The van der Waals surface area contributed by atoms with E-state index in [2.05, 4.69) is 45.6 Å². The number of allylic oxidation sites excluding steroid dienone is 1. The van der Waals surface area contributed by atoms with E-state index in [-0.39, 0.29) is 5.41 Å². The summed E-state index contributed by atoms with van der Waals surface area (Å²) >= 11 is 0. The molecular weight excluding hydrogens is 312 g/mol. The third kappa shape index (κ3) is 3.88. The molecule has 3 heteroatoms. The van der Waals surface area contributed by atoms with Crippen LogP contribution in [0.3, 0.4) is 0 Å². The van der Waals surface area contributed by atoms with Crippen molar-refractivity contribution >= 4 is 14.1 Å². The summed E-state index contributed by atoms with van der Waals surface area (Å²) in [5.74, 6) is 2.85. The van der Waals surface area contributed by atoms with Gasteiger partial charge in [0.1, 0.15) is 5.78 Å². The Kier molecular flexibility index (Phi) is 5.14. The van der Waals surface area contributed by atoms with E-state index in [0.717, 1.165) is 25.2 Å². The van der Waals surface area contributed by atoms with Gasteiger partial charge in [-0.15, -0.1) is 0 Å². The van der Waals surface area contributed by atoms with Crippen molar-refractivity contribution in [2.24, 2.45) is 29.1 Å². The van der Waals surface area contributed by atoms with Crippen molar-refractivity contribution in [1.82, 2.24) is 0 Å². The lowest BCUT2D eigenvalue weighted by atomic mass is 9.62. The molecule has 5 atom stereocenters. The van der Waals surface area contributed by atoms with Crippen LogP contribution in [-0.4, -0.2) is 20.2 Å². The highest BCUT2D eigenvalue weighted by molar-refractivity contribution is 6.69. The Hall–Kier alpha value is -0.413. The Bertz CT molecular complexity index is 502. The van der Waals surface area contributed by atoms with E-state index < -0.39 is 8.32 Å². The third-order valence-electron chi connectivity index (χ3n) is 6.75. The molecular formula is C21H36O2Si. The predicted octanol–water partition coefficient (Wildman–Crippen LogP) is 5.59.